The van der Waals surface area contributed by atoms with Gasteiger partial charge in [-0.1, -0.05) is 54.3 Å². The SMILES string of the molecule is C=CCOC(=O)c1sc2nc(-c3ccccc3)c(NC(=O)c3ccco3)n2c1C. The van der Waals surface area contributed by atoms with Gasteiger partial charge in [-0.3, -0.25) is 9.20 Å². The summed E-state index contributed by atoms with van der Waals surface area (Å²) in [4.78, 5) is 30.7. The van der Waals surface area contributed by atoms with Crippen molar-refractivity contribution in [2.45, 2.75) is 6.92 Å². The first-order chi connectivity index (χ1) is 14.1. The minimum atomic E-state index is -0.456. The van der Waals surface area contributed by atoms with E-state index >= 15 is 0 Å². The molecule has 1 aromatic carbocycles. The Balaban J connectivity index is 1.83. The number of fused-ring (bicyclic) bond motifs is 1. The number of carbonyl (C=O) groups is 2. The molecular formula is C21H17N3O4S. The van der Waals surface area contributed by atoms with E-state index in [-0.39, 0.29) is 12.4 Å². The van der Waals surface area contributed by atoms with E-state index in [0.29, 0.717) is 27.0 Å². The van der Waals surface area contributed by atoms with Crippen LogP contribution in [-0.2, 0) is 4.74 Å². The molecule has 0 aliphatic heterocycles. The van der Waals surface area contributed by atoms with E-state index in [9.17, 15) is 9.59 Å². The fraction of sp³-hybridized carbons (Fsp3) is 0.0952. The lowest BCUT2D eigenvalue weighted by molar-refractivity contribution is 0.0554. The summed E-state index contributed by atoms with van der Waals surface area (Å²) >= 11 is 1.20. The van der Waals surface area contributed by atoms with Gasteiger partial charge in [0.05, 0.1) is 6.26 Å². The molecule has 3 aromatic heterocycles. The largest absolute Gasteiger partial charge is 0.459 e. The number of ether oxygens (including phenoxy) is 1. The van der Waals surface area contributed by atoms with Gasteiger partial charge in [0.25, 0.3) is 5.91 Å². The Hall–Kier alpha value is -3.65. The Morgan fingerprint density at radius 3 is 2.76 bits per heavy atom. The molecule has 3 heterocycles. The highest BCUT2D eigenvalue weighted by atomic mass is 32.1. The standard InChI is InChI=1S/C21H17N3O4S/c1-3-11-28-20(26)17-13(2)24-18(23-19(25)15-10-7-12-27-15)16(22-21(24)29-17)14-8-5-4-6-9-14/h3-10,12H,1,11H2,2H3,(H,23,25). The topological polar surface area (TPSA) is 85.8 Å². The number of esters is 1. The van der Waals surface area contributed by atoms with Gasteiger partial charge < -0.3 is 14.5 Å². The Morgan fingerprint density at radius 1 is 1.28 bits per heavy atom. The molecule has 0 atom stereocenters. The van der Waals surface area contributed by atoms with E-state index in [1.165, 1.54) is 23.7 Å². The Bertz CT molecular complexity index is 1190. The van der Waals surface area contributed by atoms with Crippen LogP contribution in [0.1, 0.15) is 25.9 Å². The van der Waals surface area contributed by atoms with Crippen molar-refractivity contribution in [3.63, 3.8) is 0 Å². The van der Waals surface area contributed by atoms with Crippen LogP contribution in [0.2, 0.25) is 0 Å². The molecule has 0 aliphatic carbocycles. The number of amides is 1. The van der Waals surface area contributed by atoms with Crippen LogP contribution >= 0.6 is 11.3 Å². The van der Waals surface area contributed by atoms with E-state index in [0.717, 1.165) is 5.56 Å². The maximum Gasteiger partial charge on any atom is 0.350 e. The van der Waals surface area contributed by atoms with Crippen molar-refractivity contribution >= 4 is 34.0 Å². The van der Waals surface area contributed by atoms with Crippen molar-refractivity contribution < 1.29 is 18.7 Å². The van der Waals surface area contributed by atoms with E-state index in [2.05, 4.69) is 16.9 Å². The maximum absolute atomic E-state index is 12.6. The number of thiazole rings is 1. The average molecular weight is 407 g/mol. The van der Waals surface area contributed by atoms with Gasteiger partial charge in [0.15, 0.2) is 10.7 Å². The zero-order chi connectivity index (χ0) is 20.4. The molecule has 4 aromatic rings. The number of rotatable bonds is 6. The summed E-state index contributed by atoms with van der Waals surface area (Å²) < 4.78 is 12.1. The molecule has 29 heavy (non-hydrogen) atoms. The van der Waals surface area contributed by atoms with Crippen LogP contribution in [0.25, 0.3) is 16.2 Å². The fourth-order valence-corrected chi connectivity index (χ4v) is 3.95. The number of furan rings is 1. The Labute approximate surface area is 170 Å². The molecule has 7 nitrogen and oxygen atoms in total. The monoisotopic (exact) mass is 407 g/mol. The number of anilines is 1. The second-order valence-electron chi connectivity index (χ2n) is 6.13. The minimum absolute atomic E-state index is 0.121. The molecule has 1 N–H and O–H groups in total. The number of hydrogen-bond acceptors (Lipinski definition) is 6. The van der Waals surface area contributed by atoms with Crippen LogP contribution in [-0.4, -0.2) is 27.9 Å². The molecule has 0 bridgehead atoms. The van der Waals surface area contributed by atoms with E-state index in [1.54, 1.807) is 23.5 Å². The summed E-state index contributed by atoms with van der Waals surface area (Å²) in [6.07, 6.45) is 2.94. The number of nitrogens with zero attached hydrogens (tertiary/aromatic N) is 2. The molecule has 0 fully saturated rings. The van der Waals surface area contributed by atoms with Crippen LogP contribution in [0.15, 0.2) is 65.8 Å². The summed E-state index contributed by atoms with van der Waals surface area (Å²) in [7, 11) is 0. The van der Waals surface area contributed by atoms with Crippen molar-refractivity contribution in [2.24, 2.45) is 0 Å². The first-order valence-corrected chi connectivity index (χ1v) is 9.62. The van der Waals surface area contributed by atoms with E-state index in [1.807, 2.05) is 30.3 Å². The van der Waals surface area contributed by atoms with Crippen molar-refractivity contribution in [1.82, 2.24) is 9.38 Å². The van der Waals surface area contributed by atoms with Crippen molar-refractivity contribution in [3.8, 4) is 11.3 Å². The molecule has 8 heteroatoms. The van der Waals surface area contributed by atoms with Gasteiger partial charge in [-0.05, 0) is 19.1 Å². The molecule has 0 radical (unpaired) electrons. The lowest BCUT2D eigenvalue weighted by atomic mass is 10.1. The molecule has 0 unspecified atom stereocenters. The van der Waals surface area contributed by atoms with E-state index in [4.69, 9.17) is 9.15 Å². The van der Waals surface area contributed by atoms with Crippen LogP contribution in [0.3, 0.4) is 0 Å². The number of benzene rings is 1. The molecular weight excluding hydrogens is 390 g/mol. The summed E-state index contributed by atoms with van der Waals surface area (Å²) in [5.74, 6) is -0.223. The van der Waals surface area contributed by atoms with Crippen molar-refractivity contribution in [2.75, 3.05) is 11.9 Å². The van der Waals surface area contributed by atoms with Crippen LogP contribution in [0.4, 0.5) is 5.82 Å². The Kier molecular flexibility index (Phi) is 5.01. The van der Waals surface area contributed by atoms with Gasteiger partial charge in [-0.15, -0.1) is 0 Å². The number of hydrogen-bond donors (Lipinski definition) is 1. The molecule has 4 rings (SSSR count). The highest BCUT2D eigenvalue weighted by molar-refractivity contribution is 7.19. The molecule has 0 aliphatic rings. The Morgan fingerprint density at radius 2 is 2.07 bits per heavy atom. The van der Waals surface area contributed by atoms with Gasteiger partial charge >= 0.3 is 5.97 Å². The number of aromatic nitrogens is 2. The predicted molar refractivity (Wildman–Crippen MR) is 110 cm³/mol. The first-order valence-electron chi connectivity index (χ1n) is 8.80. The van der Waals surface area contributed by atoms with Crippen LogP contribution in [0.5, 0.6) is 0 Å². The van der Waals surface area contributed by atoms with Crippen LogP contribution in [0, 0.1) is 6.92 Å². The van der Waals surface area contributed by atoms with Crippen LogP contribution < -0.4 is 5.32 Å². The van der Waals surface area contributed by atoms with Gasteiger partial charge in [-0.25, -0.2) is 9.78 Å². The number of carbonyl (C=O) groups excluding carboxylic acids is 2. The third-order valence-electron chi connectivity index (χ3n) is 4.25. The predicted octanol–water partition coefficient (Wildman–Crippen LogP) is 4.56. The molecule has 1 amide bonds. The molecule has 0 saturated carbocycles. The zero-order valence-corrected chi connectivity index (χ0v) is 16.4. The minimum Gasteiger partial charge on any atom is -0.459 e. The van der Waals surface area contributed by atoms with E-state index < -0.39 is 11.9 Å². The normalized spacial score (nSPS) is 10.8. The van der Waals surface area contributed by atoms with Gasteiger partial charge in [0.1, 0.15) is 23.0 Å². The molecule has 0 spiro atoms. The third kappa shape index (κ3) is 3.45. The highest BCUT2D eigenvalue weighted by Gasteiger charge is 2.25. The zero-order valence-electron chi connectivity index (χ0n) is 15.5. The smallest absolute Gasteiger partial charge is 0.350 e. The number of aryl methyl sites for hydroxylation is 1. The van der Waals surface area contributed by atoms with Gasteiger partial charge in [0.2, 0.25) is 0 Å². The quantitative estimate of drug-likeness (QED) is 0.374. The summed E-state index contributed by atoms with van der Waals surface area (Å²) in [5, 5.41) is 2.88. The average Bonchev–Trinajstić information content (AvgIpc) is 3.45. The second kappa shape index (κ2) is 7.76. The first kappa shape index (κ1) is 18.7. The second-order valence-corrected chi connectivity index (χ2v) is 7.11. The molecule has 0 saturated heterocycles. The van der Waals surface area contributed by atoms with Crippen molar-refractivity contribution in [3.05, 3.63) is 77.7 Å². The van der Waals surface area contributed by atoms with Gasteiger partial charge in [0, 0.05) is 11.3 Å². The number of imidazole rings is 1. The highest BCUT2D eigenvalue weighted by Crippen LogP contribution is 2.35. The summed E-state index contributed by atoms with van der Waals surface area (Å²) in [5.41, 5.74) is 2.07. The fourth-order valence-electron chi connectivity index (χ4n) is 2.93. The maximum atomic E-state index is 12.6. The third-order valence-corrected chi connectivity index (χ3v) is 5.37. The molecule has 146 valence electrons. The summed E-state index contributed by atoms with van der Waals surface area (Å²) in [6, 6.07) is 12.7. The van der Waals surface area contributed by atoms with Crippen molar-refractivity contribution in [1.29, 1.82) is 0 Å². The summed E-state index contributed by atoms with van der Waals surface area (Å²) in [6.45, 7) is 5.46. The lowest BCUT2D eigenvalue weighted by Gasteiger charge is -2.08. The lowest BCUT2D eigenvalue weighted by Crippen LogP contribution is -2.14. The number of nitrogens with one attached hydrogen (secondary N) is 1. The van der Waals surface area contributed by atoms with Gasteiger partial charge in [-0.2, -0.15) is 0 Å².